The van der Waals surface area contributed by atoms with Crippen LogP contribution in [-0.4, -0.2) is 26.2 Å². The number of hydrogen-bond donors (Lipinski definition) is 1. The summed E-state index contributed by atoms with van der Waals surface area (Å²) in [6.45, 7) is 4.19. The first kappa shape index (κ1) is 29.4. The van der Waals surface area contributed by atoms with Gasteiger partial charge < -0.3 is 18.1 Å². The number of hydrogen-bond acceptors (Lipinski definition) is 1. The van der Waals surface area contributed by atoms with Gasteiger partial charge in [-0.05, 0) is 13.1 Å². The molecule has 1 saturated heterocycles. The van der Waals surface area contributed by atoms with Gasteiger partial charge in [-0.15, -0.1) is 50.3 Å². The molecule has 0 saturated carbocycles. The van der Waals surface area contributed by atoms with E-state index >= 15 is 0 Å². The first-order valence-electron chi connectivity index (χ1n) is 2.34. The van der Waals surface area contributed by atoms with Crippen LogP contribution in [0.4, 0.5) is 0 Å². The molecule has 6 heteroatoms. The van der Waals surface area contributed by atoms with Gasteiger partial charge in [0, 0.05) is 0 Å². The van der Waals surface area contributed by atoms with E-state index in [0.29, 0.717) is 0 Å². The molecule has 11 heavy (non-hydrogen) atoms. The van der Waals surface area contributed by atoms with Crippen LogP contribution in [0.1, 0.15) is 0 Å². The summed E-state index contributed by atoms with van der Waals surface area (Å²) in [7, 11) is 0. The second-order valence-electron chi connectivity index (χ2n) is 1.42. The van der Waals surface area contributed by atoms with Crippen LogP contribution in [0.15, 0.2) is 0 Å². The Bertz CT molecular complexity index is 35.2. The molecule has 1 aliphatic rings. The van der Waals surface area contributed by atoms with Crippen molar-refractivity contribution in [1.29, 1.82) is 0 Å². The van der Waals surface area contributed by atoms with Gasteiger partial charge in [0.2, 0.25) is 0 Å². The number of rotatable bonds is 0. The summed E-state index contributed by atoms with van der Waals surface area (Å²) in [6.07, 6.45) is 0. The zero-order chi connectivity index (χ0) is 4.24. The van der Waals surface area contributed by atoms with E-state index in [-0.39, 0.29) is 66.4 Å². The fourth-order valence-corrected chi connectivity index (χ4v) is 0.553. The van der Waals surface area contributed by atoms with Gasteiger partial charge >= 0.3 is 21.7 Å². The predicted molar refractivity (Wildman–Crippen MR) is 54.1 cm³/mol. The Kier molecular flexibility index (Phi) is 60.2. The number of piperazine rings is 1. The molecule has 1 fully saturated rings. The summed E-state index contributed by atoms with van der Waals surface area (Å²) >= 11 is 0. The van der Waals surface area contributed by atoms with Crippen LogP contribution >= 0.6 is 37.2 Å². The minimum Gasteiger partial charge on any atom is -0.660 e. The van der Waals surface area contributed by atoms with Gasteiger partial charge in [-0.2, -0.15) is 0 Å². The maximum absolute atomic E-state index is 4.11. The molecule has 0 radical (unpaired) electrons. The molecule has 0 spiro atoms. The maximum Gasteiger partial charge on any atom is 2.00 e. The quantitative estimate of drug-likeness (QED) is 0.518. The molecule has 0 aliphatic carbocycles. The van der Waals surface area contributed by atoms with Crippen LogP contribution < -0.4 is 5.32 Å². The average Bonchev–Trinajstić information content (AvgIpc) is 1.72. The predicted octanol–water partition coefficient (Wildman–Crippen LogP) is 1.68. The van der Waals surface area contributed by atoms with Gasteiger partial charge in [0.1, 0.15) is 0 Å². The molecular weight excluding hydrogens is 242 g/mol. The van der Waals surface area contributed by atoms with E-state index in [1.807, 2.05) is 0 Å². The second kappa shape index (κ2) is 22.5. The second-order valence-corrected chi connectivity index (χ2v) is 1.42. The van der Waals surface area contributed by atoms with Crippen molar-refractivity contribution in [2.24, 2.45) is 0 Å². The molecule has 0 atom stereocenters. The largest absolute Gasteiger partial charge is 2.00 e. The van der Waals surface area contributed by atoms with Crippen LogP contribution in [0.25, 0.3) is 5.32 Å². The third-order valence-electron chi connectivity index (χ3n) is 0.893. The zero-order valence-corrected chi connectivity index (χ0v) is 10.5. The van der Waals surface area contributed by atoms with Crippen molar-refractivity contribution in [1.82, 2.24) is 5.32 Å². The fraction of sp³-hybridized carbons (Fsp3) is 0.800. The molecule has 0 aromatic rings. The van der Waals surface area contributed by atoms with Crippen molar-refractivity contribution in [3.63, 3.8) is 0 Å². The molecule has 0 aromatic carbocycles. The molecule has 2 nitrogen and oxygen atoms in total. The summed E-state index contributed by atoms with van der Waals surface area (Å²) in [5.74, 6) is 0. The Hall–Kier alpha value is 1.50. The van der Waals surface area contributed by atoms with Crippen molar-refractivity contribution >= 4 is 37.2 Å². The van der Waals surface area contributed by atoms with E-state index in [0.717, 1.165) is 26.2 Å². The van der Waals surface area contributed by atoms with Gasteiger partial charge in [0.15, 0.2) is 0 Å². The van der Waals surface area contributed by atoms with Gasteiger partial charge in [-0.25, -0.2) is 0 Å². The molecular formula is C5H15Cl3N2Ti. The molecule has 0 bridgehead atoms. The SMILES string of the molecule is C1CNCC[N-]1.Cl.Cl.Cl.[CH3-].[Ti+2]. The van der Waals surface area contributed by atoms with Crippen molar-refractivity contribution in [3.8, 4) is 0 Å². The van der Waals surface area contributed by atoms with Crippen LogP contribution in [0.2, 0.25) is 0 Å². The van der Waals surface area contributed by atoms with Crippen molar-refractivity contribution < 1.29 is 21.7 Å². The summed E-state index contributed by atoms with van der Waals surface area (Å²) in [6, 6.07) is 0. The Morgan fingerprint density at radius 3 is 1.36 bits per heavy atom. The van der Waals surface area contributed by atoms with Gasteiger partial charge in [0.05, 0.1) is 0 Å². The van der Waals surface area contributed by atoms with Gasteiger partial charge in [0.25, 0.3) is 0 Å². The monoisotopic (exact) mass is 256 g/mol. The summed E-state index contributed by atoms with van der Waals surface area (Å²) < 4.78 is 0. The van der Waals surface area contributed by atoms with E-state index in [4.69, 9.17) is 0 Å². The minimum atomic E-state index is 0. The van der Waals surface area contributed by atoms with Gasteiger partial charge in [-0.1, -0.05) is 0 Å². The third kappa shape index (κ3) is 18.5. The first-order chi connectivity index (χ1) is 3.00. The van der Waals surface area contributed by atoms with Crippen molar-refractivity contribution in [2.45, 2.75) is 0 Å². The van der Waals surface area contributed by atoms with E-state index in [9.17, 15) is 0 Å². The Labute approximate surface area is 103 Å². The molecule has 1 rings (SSSR count). The summed E-state index contributed by atoms with van der Waals surface area (Å²) in [5.41, 5.74) is 0. The molecule has 0 unspecified atom stereocenters. The smallest absolute Gasteiger partial charge is 0.660 e. The van der Waals surface area contributed by atoms with Crippen molar-refractivity contribution in [2.75, 3.05) is 26.2 Å². The molecule has 1 N–H and O–H groups in total. The van der Waals surface area contributed by atoms with E-state index in [2.05, 4.69) is 10.6 Å². The molecule has 0 amide bonds. The van der Waals surface area contributed by atoms with E-state index in [1.54, 1.807) is 0 Å². The van der Waals surface area contributed by atoms with Gasteiger partial charge in [-0.3, -0.25) is 0 Å². The average molecular weight is 257 g/mol. The number of halogens is 3. The molecule has 70 valence electrons. The minimum absolute atomic E-state index is 0. The molecule has 1 heterocycles. The first-order valence-corrected chi connectivity index (χ1v) is 2.34. The standard InChI is InChI=1S/C4H9N2.CH3.3ClH.Ti/c1-2-6-4-3-5-1;;;;;/h5H,1-4H2;1H3;3*1H;/q2*-1;;;;+2. The van der Waals surface area contributed by atoms with E-state index < -0.39 is 0 Å². The van der Waals surface area contributed by atoms with Crippen LogP contribution in [0.3, 0.4) is 0 Å². The number of nitrogens with zero attached hydrogens (tertiary/aromatic N) is 1. The molecule has 0 aromatic heterocycles. The summed E-state index contributed by atoms with van der Waals surface area (Å²) in [4.78, 5) is 0. The molecule has 1 aliphatic heterocycles. The van der Waals surface area contributed by atoms with Crippen LogP contribution in [-0.2, 0) is 21.7 Å². The third-order valence-corrected chi connectivity index (χ3v) is 0.893. The Balaban J connectivity index is -0.0000000240. The topological polar surface area (TPSA) is 26.1 Å². The Morgan fingerprint density at radius 2 is 1.27 bits per heavy atom. The van der Waals surface area contributed by atoms with E-state index in [1.165, 1.54) is 0 Å². The maximum atomic E-state index is 4.11. The fourth-order valence-electron chi connectivity index (χ4n) is 0.553. The number of nitrogens with one attached hydrogen (secondary N) is 1. The zero-order valence-electron chi connectivity index (χ0n) is 6.50. The van der Waals surface area contributed by atoms with Crippen LogP contribution in [0, 0.1) is 7.43 Å². The summed E-state index contributed by atoms with van der Waals surface area (Å²) in [5, 5.41) is 7.31. The normalized spacial score (nSPS) is 13.1. The van der Waals surface area contributed by atoms with Crippen LogP contribution in [0.5, 0.6) is 0 Å². The van der Waals surface area contributed by atoms with Crippen molar-refractivity contribution in [3.05, 3.63) is 12.7 Å². The Morgan fingerprint density at radius 1 is 0.909 bits per heavy atom.